The molecule has 0 spiro atoms. The molecular weight excluding hydrogens is 364 g/mol. The van der Waals surface area contributed by atoms with E-state index >= 15 is 0 Å². The molecular formula is C28H58N2. The van der Waals surface area contributed by atoms with E-state index in [1.807, 2.05) is 0 Å². The van der Waals surface area contributed by atoms with Crippen molar-refractivity contribution in [3.63, 3.8) is 0 Å². The van der Waals surface area contributed by atoms with Gasteiger partial charge in [0, 0.05) is 0 Å². The SMILES string of the molecule is CCCCCCC1CC(CN)C(CCCCCCCCCN)CC1CCCCCC. The van der Waals surface area contributed by atoms with E-state index in [9.17, 15) is 0 Å². The zero-order chi connectivity index (χ0) is 21.9. The summed E-state index contributed by atoms with van der Waals surface area (Å²) in [5.41, 5.74) is 11.9. The molecule has 0 radical (unpaired) electrons. The highest BCUT2D eigenvalue weighted by Gasteiger charge is 2.35. The second-order valence-corrected chi connectivity index (χ2v) is 10.5. The first-order valence-corrected chi connectivity index (χ1v) is 14.2. The molecule has 0 aliphatic heterocycles. The van der Waals surface area contributed by atoms with Crippen LogP contribution in [0.5, 0.6) is 0 Å². The Kier molecular flexibility index (Phi) is 18.3. The molecule has 1 fully saturated rings. The molecule has 0 aromatic carbocycles. The smallest absolute Gasteiger partial charge is 0.00461 e. The summed E-state index contributed by atoms with van der Waals surface area (Å²) >= 11 is 0. The lowest BCUT2D eigenvalue weighted by atomic mass is 9.64. The molecule has 0 aromatic heterocycles. The molecule has 2 heteroatoms. The standard InChI is InChI=1S/C28H58N2/c1-3-5-7-14-18-25-22-27(20-16-12-10-9-11-13-17-21-29)28(24-30)23-26(25)19-15-8-6-4-2/h25-28H,3-24,29-30H2,1-2H3. The Morgan fingerprint density at radius 1 is 0.467 bits per heavy atom. The minimum atomic E-state index is 0.803. The third kappa shape index (κ3) is 12.7. The van der Waals surface area contributed by atoms with E-state index in [0.29, 0.717) is 0 Å². The Labute approximate surface area is 190 Å². The molecule has 1 saturated carbocycles. The monoisotopic (exact) mass is 422 g/mol. The van der Waals surface area contributed by atoms with Gasteiger partial charge in [0.2, 0.25) is 0 Å². The predicted molar refractivity (Wildman–Crippen MR) is 136 cm³/mol. The van der Waals surface area contributed by atoms with Gasteiger partial charge in [0.25, 0.3) is 0 Å². The van der Waals surface area contributed by atoms with Gasteiger partial charge < -0.3 is 11.5 Å². The summed E-state index contributed by atoms with van der Waals surface area (Å²) in [6.45, 7) is 6.45. The number of hydrogen-bond donors (Lipinski definition) is 2. The minimum absolute atomic E-state index is 0.803. The highest BCUT2D eigenvalue weighted by Crippen LogP contribution is 2.44. The van der Waals surface area contributed by atoms with Crippen LogP contribution in [-0.2, 0) is 0 Å². The van der Waals surface area contributed by atoms with Crippen LogP contribution in [0.4, 0.5) is 0 Å². The minimum Gasteiger partial charge on any atom is -0.330 e. The largest absolute Gasteiger partial charge is 0.330 e. The third-order valence-corrected chi connectivity index (χ3v) is 7.98. The van der Waals surface area contributed by atoms with E-state index in [0.717, 1.165) is 36.8 Å². The normalized spacial score (nSPS) is 24.4. The van der Waals surface area contributed by atoms with E-state index in [2.05, 4.69) is 13.8 Å². The van der Waals surface area contributed by atoms with Crippen molar-refractivity contribution >= 4 is 0 Å². The zero-order valence-corrected chi connectivity index (χ0v) is 21.0. The number of unbranched alkanes of at least 4 members (excludes halogenated alkanes) is 12. The Morgan fingerprint density at radius 2 is 0.833 bits per heavy atom. The van der Waals surface area contributed by atoms with E-state index in [-0.39, 0.29) is 0 Å². The Hall–Kier alpha value is -0.0800. The lowest BCUT2D eigenvalue weighted by Gasteiger charge is -2.42. The van der Waals surface area contributed by atoms with Crippen LogP contribution in [0.2, 0.25) is 0 Å². The van der Waals surface area contributed by atoms with Crippen molar-refractivity contribution in [1.29, 1.82) is 0 Å². The second kappa shape index (κ2) is 19.6. The van der Waals surface area contributed by atoms with Crippen LogP contribution in [0.1, 0.15) is 142 Å². The lowest BCUT2D eigenvalue weighted by Crippen LogP contribution is -2.36. The van der Waals surface area contributed by atoms with Gasteiger partial charge in [0.05, 0.1) is 0 Å². The van der Waals surface area contributed by atoms with E-state index in [1.54, 1.807) is 0 Å². The Morgan fingerprint density at radius 3 is 1.27 bits per heavy atom. The first-order valence-electron chi connectivity index (χ1n) is 14.2. The molecule has 1 rings (SSSR count). The van der Waals surface area contributed by atoms with Crippen LogP contribution in [0.15, 0.2) is 0 Å². The third-order valence-electron chi connectivity index (χ3n) is 7.98. The molecule has 2 nitrogen and oxygen atoms in total. The van der Waals surface area contributed by atoms with Gasteiger partial charge in [-0.05, 0) is 56.0 Å². The molecule has 4 atom stereocenters. The molecule has 1 aliphatic carbocycles. The van der Waals surface area contributed by atoms with Crippen LogP contribution < -0.4 is 11.5 Å². The van der Waals surface area contributed by atoms with E-state index < -0.39 is 0 Å². The molecule has 4 N–H and O–H groups in total. The molecule has 0 saturated heterocycles. The maximum absolute atomic E-state index is 6.31. The molecule has 0 heterocycles. The highest BCUT2D eigenvalue weighted by molar-refractivity contribution is 4.86. The molecule has 180 valence electrons. The summed E-state index contributed by atoms with van der Waals surface area (Å²) in [6.07, 6.45) is 28.3. The van der Waals surface area contributed by atoms with Crippen LogP contribution in [0, 0.1) is 23.7 Å². The Balaban J connectivity index is 2.42. The average Bonchev–Trinajstić information content (AvgIpc) is 2.76. The van der Waals surface area contributed by atoms with Crippen LogP contribution in [0.3, 0.4) is 0 Å². The fraction of sp³-hybridized carbons (Fsp3) is 1.00. The summed E-state index contributed by atoms with van der Waals surface area (Å²) in [7, 11) is 0. The molecule has 0 bridgehead atoms. The van der Waals surface area contributed by atoms with Gasteiger partial charge in [-0.1, -0.05) is 123 Å². The molecule has 0 amide bonds. The maximum atomic E-state index is 6.31. The fourth-order valence-corrected chi connectivity index (χ4v) is 6.00. The predicted octanol–water partition coefficient (Wildman–Crippen LogP) is 8.22. The highest BCUT2D eigenvalue weighted by atomic mass is 14.6. The van der Waals surface area contributed by atoms with Crippen molar-refractivity contribution in [2.24, 2.45) is 35.1 Å². The van der Waals surface area contributed by atoms with Gasteiger partial charge in [0.15, 0.2) is 0 Å². The van der Waals surface area contributed by atoms with Gasteiger partial charge in [-0.15, -0.1) is 0 Å². The average molecular weight is 423 g/mol. The number of hydrogen-bond acceptors (Lipinski definition) is 2. The maximum Gasteiger partial charge on any atom is -0.00461 e. The summed E-state index contributed by atoms with van der Waals surface area (Å²) in [5.74, 6) is 3.68. The quantitative estimate of drug-likeness (QED) is 0.194. The first-order chi connectivity index (χ1) is 14.8. The Bertz CT molecular complexity index is 357. The van der Waals surface area contributed by atoms with Gasteiger partial charge in [-0.3, -0.25) is 0 Å². The van der Waals surface area contributed by atoms with Crippen LogP contribution >= 0.6 is 0 Å². The summed E-state index contributed by atoms with van der Waals surface area (Å²) in [4.78, 5) is 0. The number of nitrogens with two attached hydrogens (primary N) is 2. The molecule has 4 unspecified atom stereocenters. The summed E-state index contributed by atoms with van der Waals surface area (Å²) in [5, 5.41) is 0. The lowest BCUT2D eigenvalue weighted by molar-refractivity contribution is 0.0922. The van der Waals surface area contributed by atoms with Crippen molar-refractivity contribution in [1.82, 2.24) is 0 Å². The summed E-state index contributed by atoms with van der Waals surface area (Å²) in [6, 6.07) is 0. The van der Waals surface area contributed by atoms with Crippen molar-refractivity contribution in [2.75, 3.05) is 13.1 Å². The second-order valence-electron chi connectivity index (χ2n) is 10.5. The van der Waals surface area contributed by atoms with Gasteiger partial charge in [-0.2, -0.15) is 0 Å². The van der Waals surface area contributed by atoms with Crippen molar-refractivity contribution < 1.29 is 0 Å². The van der Waals surface area contributed by atoms with E-state index in [1.165, 1.54) is 128 Å². The molecule has 0 aromatic rings. The first kappa shape index (κ1) is 28.0. The molecule has 30 heavy (non-hydrogen) atoms. The van der Waals surface area contributed by atoms with Crippen LogP contribution in [-0.4, -0.2) is 13.1 Å². The van der Waals surface area contributed by atoms with Crippen molar-refractivity contribution in [3.05, 3.63) is 0 Å². The van der Waals surface area contributed by atoms with Gasteiger partial charge >= 0.3 is 0 Å². The van der Waals surface area contributed by atoms with Crippen molar-refractivity contribution in [3.8, 4) is 0 Å². The fourth-order valence-electron chi connectivity index (χ4n) is 6.00. The van der Waals surface area contributed by atoms with Gasteiger partial charge in [0.1, 0.15) is 0 Å². The van der Waals surface area contributed by atoms with Gasteiger partial charge in [-0.25, -0.2) is 0 Å². The topological polar surface area (TPSA) is 52.0 Å². The molecule has 1 aliphatic rings. The van der Waals surface area contributed by atoms with Crippen LogP contribution in [0.25, 0.3) is 0 Å². The van der Waals surface area contributed by atoms with Crippen molar-refractivity contribution in [2.45, 2.75) is 142 Å². The summed E-state index contributed by atoms with van der Waals surface area (Å²) < 4.78 is 0. The van der Waals surface area contributed by atoms with E-state index in [4.69, 9.17) is 11.5 Å². The number of rotatable bonds is 20. The zero-order valence-electron chi connectivity index (χ0n) is 21.0.